The molecule has 0 aliphatic carbocycles. The third-order valence-electron chi connectivity index (χ3n) is 4.33. The zero-order valence-electron chi connectivity index (χ0n) is 16.8. The molecule has 6 nitrogen and oxygen atoms in total. The Bertz CT molecular complexity index is 1120. The summed E-state index contributed by atoms with van der Waals surface area (Å²) in [6, 6.07) is 12.5. The van der Waals surface area contributed by atoms with E-state index in [0.29, 0.717) is 34.3 Å². The van der Waals surface area contributed by atoms with Gasteiger partial charge < -0.3 is 19.5 Å². The molecule has 1 N–H and O–H groups in total. The number of nitrogens with one attached hydrogen (secondary N) is 1. The lowest BCUT2D eigenvalue weighted by Gasteiger charge is -2.12. The number of aromatic nitrogens is 1. The molecule has 1 aromatic heterocycles. The summed E-state index contributed by atoms with van der Waals surface area (Å²) >= 11 is 0. The number of hydrogen-bond acceptors (Lipinski definition) is 5. The number of anilines is 1. The predicted octanol–water partition coefficient (Wildman–Crippen LogP) is 5.28. The molecule has 0 saturated heterocycles. The zero-order valence-corrected chi connectivity index (χ0v) is 16.8. The number of allylic oxidation sites excluding steroid dienone is 2. The van der Waals surface area contributed by atoms with E-state index in [1.54, 1.807) is 62.9 Å². The maximum atomic E-state index is 12.2. The van der Waals surface area contributed by atoms with Crippen LogP contribution in [0.2, 0.25) is 0 Å². The number of nitrogens with zero attached hydrogens (tertiary/aromatic N) is 1. The standard InChI is InChI=1S/C24H22N2O4/c1-5-7-16(6-2)24(27)26-17-8-10-18(11-9-17)30-21-12-13-25-20-15-23(29-4)22(28-3)14-19(20)21/h5-15H,1-2H2,3-4H3,(H,26,27)/b16-7+. The number of carbonyl (C=O) groups excluding carboxylic acids is 1. The van der Waals surface area contributed by atoms with Gasteiger partial charge in [0.1, 0.15) is 11.5 Å². The lowest BCUT2D eigenvalue weighted by molar-refractivity contribution is -0.112. The second kappa shape index (κ2) is 9.43. The molecule has 0 radical (unpaired) electrons. The van der Waals surface area contributed by atoms with Gasteiger partial charge in [-0.15, -0.1) is 0 Å². The van der Waals surface area contributed by atoms with Gasteiger partial charge >= 0.3 is 0 Å². The van der Waals surface area contributed by atoms with Crippen molar-refractivity contribution in [2.45, 2.75) is 0 Å². The van der Waals surface area contributed by atoms with Crippen LogP contribution in [0.1, 0.15) is 0 Å². The number of benzene rings is 2. The minimum absolute atomic E-state index is 0.264. The van der Waals surface area contributed by atoms with Crippen molar-refractivity contribution in [2.24, 2.45) is 0 Å². The molecule has 0 saturated carbocycles. The number of ether oxygens (including phenoxy) is 3. The molecule has 0 unspecified atom stereocenters. The first kappa shape index (κ1) is 20.7. The Labute approximate surface area is 175 Å². The molecule has 3 aromatic rings. The van der Waals surface area contributed by atoms with Crippen molar-refractivity contribution >= 4 is 22.5 Å². The number of rotatable bonds is 8. The van der Waals surface area contributed by atoms with Gasteiger partial charge in [0.15, 0.2) is 11.5 Å². The molecule has 0 bridgehead atoms. The number of methoxy groups -OCH3 is 2. The van der Waals surface area contributed by atoms with Gasteiger partial charge in [-0.1, -0.05) is 31.4 Å². The third-order valence-corrected chi connectivity index (χ3v) is 4.33. The minimum atomic E-state index is -0.264. The van der Waals surface area contributed by atoms with Crippen LogP contribution in [0.5, 0.6) is 23.0 Å². The smallest absolute Gasteiger partial charge is 0.255 e. The van der Waals surface area contributed by atoms with Crippen molar-refractivity contribution in [2.75, 3.05) is 19.5 Å². The number of pyridine rings is 1. The fraction of sp³-hybridized carbons (Fsp3) is 0.0833. The van der Waals surface area contributed by atoms with Gasteiger partial charge in [-0.2, -0.15) is 0 Å². The maximum absolute atomic E-state index is 12.2. The molecule has 30 heavy (non-hydrogen) atoms. The quantitative estimate of drug-likeness (QED) is 0.410. The van der Waals surface area contributed by atoms with Gasteiger partial charge in [-0.3, -0.25) is 9.78 Å². The first-order valence-electron chi connectivity index (χ1n) is 9.14. The topological polar surface area (TPSA) is 69.7 Å². The zero-order chi connectivity index (χ0) is 21.5. The summed E-state index contributed by atoms with van der Waals surface area (Å²) in [6.45, 7) is 7.22. The number of fused-ring (bicyclic) bond motifs is 1. The molecular formula is C24H22N2O4. The lowest BCUT2D eigenvalue weighted by atomic mass is 10.2. The van der Waals surface area contributed by atoms with Gasteiger partial charge in [0.25, 0.3) is 5.91 Å². The molecular weight excluding hydrogens is 380 g/mol. The summed E-state index contributed by atoms with van der Waals surface area (Å²) in [5.74, 6) is 2.16. The fourth-order valence-corrected chi connectivity index (χ4v) is 2.84. The molecule has 1 amide bonds. The van der Waals surface area contributed by atoms with Crippen molar-refractivity contribution in [3.63, 3.8) is 0 Å². The minimum Gasteiger partial charge on any atom is -0.493 e. The predicted molar refractivity (Wildman–Crippen MR) is 118 cm³/mol. The molecule has 2 aromatic carbocycles. The van der Waals surface area contributed by atoms with E-state index in [1.807, 2.05) is 6.07 Å². The second-order valence-corrected chi connectivity index (χ2v) is 6.18. The molecule has 152 valence electrons. The van der Waals surface area contributed by atoms with Crippen LogP contribution in [0.3, 0.4) is 0 Å². The summed E-state index contributed by atoms with van der Waals surface area (Å²) in [7, 11) is 3.16. The Morgan fingerprint density at radius 2 is 1.70 bits per heavy atom. The van der Waals surface area contributed by atoms with E-state index in [2.05, 4.69) is 23.5 Å². The van der Waals surface area contributed by atoms with Crippen LogP contribution < -0.4 is 19.5 Å². The van der Waals surface area contributed by atoms with Crippen LogP contribution in [-0.4, -0.2) is 25.1 Å². The average Bonchev–Trinajstić information content (AvgIpc) is 2.77. The fourth-order valence-electron chi connectivity index (χ4n) is 2.84. The summed E-state index contributed by atoms with van der Waals surface area (Å²) in [5, 5.41) is 3.59. The monoisotopic (exact) mass is 402 g/mol. The summed E-state index contributed by atoms with van der Waals surface area (Å²) in [6.07, 6.45) is 6.28. The van der Waals surface area contributed by atoms with Crippen LogP contribution in [0.15, 0.2) is 85.6 Å². The van der Waals surface area contributed by atoms with Crippen molar-refractivity contribution in [1.29, 1.82) is 0 Å². The first-order valence-corrected chi connectivity index (χ1v) is 9.14. The molecule has 0 spiro atoms. The summed E-state index contributed by atoms with van der Waals surface area (Å²) in [5.41, 5.74) is 1.79. The van der Waals surface area contributed by atoms with E-state index in [0.717, 1.165) is 10.9 Å². The van der Waals surface area contributed by atoms with E-state index < -0.39 is 0 Å². The van der Waals surface area contributed by atoms with Crippen molar-refractivity contribution in [1.82, 2.24) is 4.98 Å². The highest BCUT2D eigenvalue weighted by atomic mass is 16.5. The molecule has 6 heteroatoms. The molecule has 0 fully saturated rings. The first-order chi connectivity index (χ1) is 14.6. The highest BCUT2D eigenvalue weighted by molar-refractivity contribution is 6.05. The Morgan fingerprint density at radius 1 is 1.00 bits per heavy atom. The second-order valence-electron chi connectivity index (χ2n) is 6.18. The van der Waals surface area contributed by atoms with Gasteiger partial charge in [0.05, 0.1) is 19.7 Å². The Kier molecular flexibility index (Phi) is 6.49. The highest BCUT2D eigenvalue weighted by Gasteiger charge is 2.12. The number of hydrogen-bond donors (Lipinski definition) is 1. The molecule has 0 aliphatic heterocycles. The van der Waals surface area contributed by atoms with Gasteiger partial charge in [0.2, 0.25) is 0 Å². The van der Waals surface area contributed by atoms with Crippen LogP contribution in [0, 0.1) is 0 Å². The normalized spacial score (nSPS) is 10.9. The van der Waals surface area contributed by atoms with E-state index in [-0.39, 0.29) is 5.91 Å². The Balaban J connectivity index is 1.82. The Morgan fingerprint density at radius 3 is 2.33 bits per heavy atom. The van der Waals surface area contributed by atoms with Crippen molar-refractivity contribution in [3.05, 3.63) is 85.6 Å². The van der Waals surface area contributed by atoms with Gasteiger partial charge in [0, 0.05) is 28.9 Å². The number of amides is 1. The average molecular weight is 402 g/mol. The summed E-state index contributed by atoms with van der Waals surface area (Å²) < 4.78 is 16.8. The van der Waals surface area contributed by atoms with Crippen LogP contribution in [0.4, 0.5) is 5.69 Å². The van der Waals surface area contributed by atoms with Gasteiger partial charge in [-0.05, 0) is 36.4 Å². The van der Waals surface area contributed by atoms with E-state index in [4.69, 9.17) is 14.2 Å². The number of carbonyl (C=O) groups is 1. The van der Waals surface area contributed by atoms with E-state index in [9.17, 15) is 4.79 Å². The molecule has 3 rings (SSSR count). The van der Waals surface area contributed by atoms with E-state index in [1.165, 1.54) is 12.2 Å². The third kappa shape index (κ3) is 4.50. The SMILES string of the molecule is C=C/C=C(\C=C)C(=O)Nc1ccc(Oc2ccnc3cc(OC)c(OC)cc23)cc1. The molecule has 0 aliphatic rings. The molecule has 1 heterocycles. The van der Waals surface area contributed by atoms with Crippen molar-refractivity contribution < 1.29 is 19.0 Å². The van der Waals surface area contributed by atoms with Crippen LogP contribution in [-0.2, 0) is 4.79 Å². The van der Waals surface area contributed by atoms with Crippen LogP contribution >= 0.6 is 0 Å². The largest absolute Gasteiger partial charge is 0.493 e. The maximum Gasteiger partial charge on any atom is 0.255 e. The molecule has 0 atom stereocenters. The summed E-state index contributed by atoms with van der Waals surface area (Å²) in [4.78, 5) is 16.6. The van der Waals surface area contributed by atoms with Gasteiger partial charge in [-0.25, -0.2) is 0 Å². The van der Waals surface area contributed by atoms with Crippen LogP contribution in [0.25, 0.3) is 10.9 Å². The van der Waals surface area contributed by atoms with E-state index >= 15 is 0 Å². The Hall–Kier alpha value is -4.06. The highest BCUT2D eigenvalue weighted by Crippen LogP contribution is 2.36. The van der Waals surface area contributed by atoms with Crippen molar-refractivity contribution in [3.8, 4) is 23.0 Å². The lowest BCUT2D eigenvalue weighted by Crippen LogP contribution is -2.12.